The molecule has 0 bridgehead atoms. The molecule has 0 radical (unpaired) electrons. The van der Waals surface area contributed by atoms with E-state index >= 15 is 0 Å². The summed E-state index contributed by atoms with van der Waals surface area (Å²) in [4.78, 5) is 7.63. The van der Waals surface area contributed by atoms with Gasteiger partial charge in [0.25, 0.3) is 0 Å². The maximum absolute atomic E-state index is 9.99. The predicted octanol–water partition coefficient (Wildman–Crippen LogP) is 1.46. The minimum Gasteiger partial charge on any atom is -0.390 e. The summed E-state index contributed by atoms with van der Waals surface area (Å²) in [5.74, 6) is 0. The van der Waals surface area contributed by atoms with E-state index in [1.165, 1.54) is 4.88 Å². The summed E-state index contributed by atoms with van der Waals surface area (Å²) in [5.41, 5.74) is 5.12. The number of likely N-dealkylation sites (tertiary alicyclic amines) is 1. The predicted molar refractivity (Wildman–Crippen MR) is 66.3 cm³/mol. The number of nitrogens with two attached hydrogens (primary N) is 1. The highest BCUT2D eigenvalue weighted by Gasteiger charge is 2.24. The Kier molecular flexibility index (Phi) is 3.47. The lowest BCUT2D eigenvalue weighted by molar-refractivity contribution is 0.0444. The number of nitrogen functional groups attached to an aromatic ring is 1. The number of hydrogen-bond acceptors (Lipinski definition) is 5. The first-order valence-corrected chi connectivity index (χ1v) is 6.52. The van der Waals surface area contributed by atoms with Gasteiger partial charge in [-0.05, 0) is 32.7 Å². The van der Waals surface area contributed by atoms with Crippen LogP contribution in [0.25, 0.3) is 0 Å². The Morgan fingerprint density at radius 2 is 2.38 bits per heavy atom. The first-order chi connectivity index (χ1) is 7.55. The molecule has 2 rings (SSSR count). The lowest BCUT2D eigenvalue weighted by Gasteiger charge is -2.21. The van der Waals surface area contributed by atoms with Crippen LogP contribution in [0.5, 0.6) is 0 Å². The molecule has 1 unspecified atom stereocenters. The second-order valence-corrected chi connectivity index (χ2v) is 5.94. The SMILES string of the molecule is CC1(O)CCCN(Cc2cnc(N)s2)CC1. The summed E-state index contributed by atoms with van der Waals surface area (Å²) in [7, 11) is 0. The number of rotatable bonds is 2. The van der Waals surface area contributed by atoms with Gasteiger partial charge in [0.15, 0.2) is 5.13 Å². The fourth-order valence-corrected chi connectivity index (χ4v) is 2.82. The summed E-state index contributed by atoms with van der Waals surface area (Å²) in [6.45, 7) is 4.84. The van der Waals surface area contributed by atoms with Crippen LogP contribution in [-0.4, -0.2) is 33.7 Å². The number of aliphatic hydroxyl groups is 1. The van der Waals surface area contributed by atoms with Crippen LogP contribution in [0.15, 0.2) is 6.20 Å². The van der Waals surface area contributed by atoms with E-state index in [1.54, 1.807) is 11.3 Å². The van der Waals surface area contributed by atoms with Gasteiger partial charge in [-0.15, -0.1) is 11.3 Å². The van der Waals surface area contributed by atoms with E-state index in [9.17, 15) is 5.11 Å². The van der Waals surface area contributed by atoms with Crippen molar-refractivity contribution in [1.29, 1.82) is 0 Å². The normalized spacial score (nSPS) is 27.9. The van der Waals surface area contributed by atoms with Gasteiger partial charge in [0.1, 0.15) is 0 Å². The summed E-state index contributed by atoms with van der Waals surface area (Å²) in [6.07, 6.45) is 4.65. The molecule has 1 atom stereocenters. The second kappa shape index (κ2) is 4.69. The van der Waals surface area contributed by atoms with E-state index in [0.717, 1.165) is 38.9 Å². The highest BCUT2D eigenvalue weighted by Crippen LogP contribution is 2.23. The van der Waals surface area contributed by atoms with Gasteiger partial charge in [-0.3, -0.25) is 4.90 Å². The summed E-state index contributed by atoms with van der Waals surface area (Å²) in [5, 5.41) is 10.6. The topological polar surface area (TPSA) is 62.4 Å². The van der Waals surface area contributed by atoms with E-state index in [4.69, 9.17) is 5.73 Å². The molecule has 1 aromatic heterocycles. The number of thiazole rings is 1. The molecular formula is C11H19N3OS. The van der Waals surface area contributed by atoms with E-state index in [1.807, 2.05) is 13.1 Å². The van der Waals surface area contributed by atoms with Gasteiger partial charge >= 0.3 is 0 Å². The van der Waals surface area contributed by atoms with Crippen LogP contribution in [0.1, 0.15) is 31.1 Å². The van der Waals surface area contributed by atoms with Gasteiger partial charge in [0.05, 0.1) is 5.60 Å². The molecule has 0 saturated carbocycles. The average molecular weight is 241 g/mol. The van der Waals surface area contributed by atoms with Crippen LogP contribution in [0.2, 0.25) is 0 Å². The zero-order valence-electron chi connectivity index (χ0n) is 9.65. The van der Waals surface area contributed by atoms with Crippen LogP contribution < -0.4 is 5.73 Å². The quantitative estimate of drug-likeness (QED) is 0.823. The number of hydrogen-bond donors (Lipinski definition) is 2. The molecule has 16 heavy (non-hydrogen) atoms. The molecule has 1 saturated heterocycles. The van der Waals surface area contributed by atoms with Crippen LogP contribution >= 0.6 is 11.3 Å². The van der Waals surface area contributed by atoms with Crippen LogP contribution in [-0.2, 0) is 6.54 Å². The van der Waals surface area contributed by atoms with Crippen molar-refractivity contribution < 1.29 is 5.11 Å². The van der Waals surface area contributed by atoms with Gasteiger partial charge in [-0.25, -0.2) is 4.98 Å². The number of anilines is 1. The van der Waals surface area contributed by atoms with E-state index < -0.39 is 5.60 Å². The van der Waals surface area contributed by atoms with Crippen LogP contribution in [0.3, 0.4) is 0 Å². The highest BCUT2D eigenvalue weighted by atomic mass is 32.1. The maximum atomic E-state index is 9.99. The maximum Gasteiger partial charge on any atom is 0.180 e. The van der Waals surface area contributed by atoms with Crippen molar-refractivity contribution in [3.05, 3.63) is 11.1 Å². The number of aromatic nitrogens is 1. The van der Waals surface area contributed by atoms with Crippen molar-refractivity contribution in [2.24, 2.45) is 0 Å². The van der Waals surface area contributed by atoms with Crippen LogP contribution in [0, 0.1) is 0 Å². The first-order valence-electron chi connectivity index (χ1n) is 5.70. The van der Waals surface area contributed by atoms with E-state index in [-0.39, 0.29) is 0 Å². The zero-order chi connectivity index (χ0) is 11.6. The lowest BCUT2D eigenvalue weighted by Crippen LogP contribution is -2.27. The molecule has 2 heterocycles. The smallest absolute Gasteiger partial charge is 0.180 e. The van der Waals surface area contributed by atoms with Gasteiger partial charge in [-0.2, -0.15) is 0 Å². The first kappa shape index (κ1) is 11.8. The highest BCUT2D eigenvalue weighted by molar-refractivity contribution is 7.15. The fourth-order valence-electron chi connectivity index (χ4n) is 2.09. The second-order valence-electron chi connectivity index (χ2n) is 4.79. The van der Waals surface area contributed by atoms with Gasteiger partial charge in [0.2, 0.25) is 0 Å². The molecule has 0 aromatic carbocycles. The average Bonchev–Trinajstić information content (AvgIpc) is 2.52. The molecule has 90 valence electrons. The molecule has 1 aromatic rings. The Morgan fingerprint density at radius 3 is 3.06 bits per heavy atom. The fraction of sp³-hybridized carbons (Fsp3) is 0.727. The van der Waals surface area contributed by atoms with Gasteiger partial charge in [-0.1, -0.05) is 0 Å². The summed E-state index contributed by atoms with van der Waals surface area (Å²) >= 11 is 1.55. The molecular weight excluding hydrogens is 222 g/mol. The Morgan fingerprint density at radius 1 is 1.56 bits per heavy atom. The molecule has 1 aliphatic heterocycles. The van der Waals surface area contributed by atoms with Crippen molar-refractivity contribution in [3.8, 4) is 0 Å². The van der Waals surface area contributed by atoms with Crippen molar-refractivity contribution in [2.75, 3.05) is 18.8 Å². The molecule has 1 fully saturated rings. The minimum atomic E-state index is -0.485. The minimum absolute atomic E-state index is 0.485. The third kappa shape index (κ3) is 3.17. The standard InChI is InChI=1S/C11H19N3OS/c1-11(15)3-2-5-14(6-4-11)8-9-7-13-10(12)16-9/h7,15H,2-6,8H2,1H3,(H2,12,13). The van der Waals surface area contributed by atoms with Crippen LogP contribution in [0.4, 0.5) is 5.13 Å². The van der Waals surface area contributed by atoms with Crippen molar-refractivity contribution in [2.45, 2.75) is 38.3 Å². The Bertz CT molecular complexity index is 351. The summed E-state index contributed by atoms with van der Waals surface area (Å²) in [6, 6.07) is 0. The Labute approximate surface area is 100 Å². The van der Waals surface area contributed by atoms with E-state index in [2.05, 4.69) is 9.88 Å². The molecule has 0 spiro atoms. The molecule has 0 amide bonds. The number of nitrogens with zero attached hydrogens (tertiary/aromatic N) is 2. The molecule has 0 aliphatic carbocycles. The third-order valence-corrected chi connectivity index (χ3v) is 3.92. The van der Waals surface area contributed by atoms with Crippen molar-refractivity contribution >= 4 is 16.5 Å². The molecule has 1 aliphatic rings. The van der Waals surface area contributed by atoms with Crippen molar-refractivity contribution in [1.82, 2.24) is 9.88 Å². The molecule has 3 N–H and O–H groups in total. The third-order valence-electron chi connectivity index (χ3n) is 3.11. The summed E-state index contributed by atoms with van der Waals surface area (Å²) < 4.78 is 0. The zero-order valence-corrected chi connectivity index (χ0v) is 10.5. The van der Waals surface area contributed by atoms with E-state index in [0.29, 0.717) is 5.13 Å². The monoisotopic (exact) mass is 241 g/mol. The van der Waals surface area contributed by atoms with Gasteiger partial charge in [0, 0.05) is 24.2 Å². The largest absolute Gasteiger partial charge is 0.390 e. The van der Waals surface area contributed by atoms with Gasteiger partial charge < -0.3 is 10.8 Å². The lowest BCUT2D eigenvalue weighted by atomic mass is 9.98. The van der Waals surface area contributed by atoms with Crippen molar-refractivity contribution in [3.63, 3.8) is 0 Å². The Balaban J connectivity index is 1.91. The Hall–Kier alpha value is -0.650. The molecule has 4 nitrogen and oxygen atoms in total. The molecule has 5 heteroatoms.